The molecule has 0 aliphatic rings. The Hall–Kier alpha value is -1.79. The Labute approximate surface area is 128 Å². The van der Waals surface area contributed by atoms with Gasteiger partial charge in [-0.15, -0.1) is 11.3 Å². The quantitative estimate of drug-likeness (QED) is 0.768. The van der Waals surface area contributed by atoms with Gasteiger partial charge in [0, 0.05) is 17.0 Å². The topological polar surface area (TPSA) is 74.5 Å². The van der Waals surface area contributed by atoms with Crippen molar-refractivity contribution in [2.75, 3.05) is 6.54 Å². The van der Waals surface area contributed by atoms with Crippen LogP contribution >= 0.6 is 11.3 Å². The Morgan fingerprint density at radius 2 is 2.24 bits per heavy atom. The fourth-order valence-corrected chi connectivity index (χ4v) is 2.75. The number of hydrogen-bond donors (Lipinski definition) is 3. The smallest absolute Gasteiger partial charge is 0.315 e. The molecule has 0 aromatic carbocycles. The highest BCUT2D eigenvalue weighted by Crippen LogP contribution is 2.23. The Morgan fingerprint density at radius 1 is 1.43 bits per heavy atom. The maximum atomic E-state index is 11.6. The molecule has 0 bridgehead atoms. The van der Waals surface area contributed by atoms with Crippen molar-refractivity contribution in [1.82, 2.24) is 10.6 Å². The molecule has 2 heterocycles. The second-order valence-electron chi connectivity index (χ2n) is 4.86. The van der Waals surface area contributed by atoms with Crippen molar-refractivity contribution >= 4 is 17.4 Å². The summed E-state index contributed by atoms with van der Waals surface area (Å²) in [6.07, 6.45) is -0.174. The third kappa shape index (κ3) is 4.61. The van der Waals surface area contributed by atoms with Crippen LogP contribution in [-0.2, 0) is 6.54 Å². The van der Waals surface area contributed by atoms with Gasteiger partial charge in [0.25, 0.3) is 0 Å². The van der Waals surface area contributed by atoms with E-state index < -0.39 is 6.10 Å². The Balaban J connectivity index is 1.68. The minimum Gasteiger partial charge on any atom is -0.466 e. The lowest BCUT2D eigenvalue weighted by atomic mass is 10.1. The van der Waals surface area contributed by atoms with E-state index >= 15 is 0 Å². The number of amides is 2. The molecule has 2 amide bonds. The van der Waals surface area contributed by atoms with Gasteiger partial charge in [-0.25, -0.2) is 4.79 Å². The number of carbonyl (C=O) groups excluding carboxylic acids is 1. The number of aliphatic hydroxyl groups excluding tert-OH is 1. The highest BCUT2D eigenvalue weighted by atomic mass is 32.1. The molecule has 1 atom stereocenters. The Bertz CT molecular complexity index is 578. The highest BCUT2D eigenvalue weighted by molar-refractivity contribution is 7.09. The number of furan rings is 1. The molecule has 21 heavy (non-hydrogen) atoms. The monoisotopic (exact) mass is 308 g/mol. The van der Waals surface area contributed by atoms with Crippen LogP contribution in [0.4, 0.5) is 4.79 Å². The van der Waals surface area contributed by atoms with Crippen LogP contribution in [0.2, 0.25) is 0 Å². The zero-order chi connectivity index (χ0) is 15.2. The molecular formula is C15H20N2O3S. The van der Waals surface area contributed by atoms with E-state index in [4.69, 9.17) is 4.42 Å². The summed E-state index contributed by atoms with van der Waals surface area (Å²) in [4.78, 5) is 12.7. The second-order valence-corrected chi connectivity index (χ2v) is 5.89. The fourth-order valence-electron chi connectivity index (χ4n) is 2.10. The molecule has 0 saturated carbocycles. The van der Waals surface area contributed by atoms with Gasteiger partial charge in [-0.3, -0.25) is 0 Å². The van der Waals surface area contributed by atoms with Crippen molar-refractivity contribution in [1.29, 1.82) is 0 Å². The van der Waals surface area contributed by atoms with Crippen molar-refractivity contribution in [3.8, 4) is 0 Å². The van der Waals surface area contributed by atoms with Crippen LogP contribution in [0.3, 0.4) is 0 Å². The minimum atomic E-state index is -0.625. The summed E-state index contributed by atoms with van der Waals surface area (Å²) in [5, 5.41) is 17.6. The maximum absolute atomic E-state index is 11.6. The first-order valence-electron chi connectivity index (χ1n) is 6.85. The minimum absolute atomic E-state index is 0.226. The van der Waals surface area contributed by atoms with Crippen LogP contribution in [-0.4, -0.2) is 17.7 Å². The number of urea groups is 1. The van der Waals surface area contributed by atoms with Crippen LogP contribution in [0.5, 0.6) is 0 Å². The van der Waals surface area contributed by atoms with E-state index in [1.165, 1.54) is 0 Å². The number of carbonyl (C=O) groups is 1. The first-order valence-corrected chi connectivity index (χ1v) is 7.73. The third-order valence-corrected chi connectivity index (χ3v) is 4.02. The van der Waals surface area contributed by atoms with E-state index in [1.807, 2.05) is 37.4 Å². The largest absolute Gasteiger partial charge is 0.466 e. The molecule has 0 fully saturated rings. The van der Waals surface area contributed by atoms with Crippen LogP contribution in [0, 0.1) is 13.8 Å². The molecule has 0 radical (unpaired) electrons. The van der Waals surface area contributed by atoms with E-state index in [0.717, 1.165) is 22.0 Å². The van der Waals surface area contributed by atoms with Crippen LogP contribution in [0.15, 0.2) is 28.0 Å². The van der Waals surface area contributed by atoms with Crippen molar-refractivity contribution in [2.24, 2.45) is 0 Å². The summed E-state index contributed by atoms with van der Waals surface area (Å²) in [6, 6.07) is 5.52. The van der Waals surface area contributed by atoms with Gasteiger partial charge in [-0.05, 0) is 37.8 Å². The van der Waals surface area contributed by atoms with E-state index in [0.29, 0.717) is 19.5 Å². The van der Waals surface area contributed by atoms with Gasteiger partial charge in [0.15, 0.2) is 0 Å². The summed E-state index contributed by atoms with van der Waals surface area (Å²) in [7, 11) is 0. The van der Waals surface area contributed by atoms with Crippen LogP contribution in [0.1, 0.15) is 34.5 Å². The van der Waals surface area contributed by atoms with Gasteiger partial charge in [0.2, 0.25) is 0 Å². The van der Waals surface area contributed by atoms with E-state index in [-0.39, 0.29) is 6.03 Å². The molecule has 2 aromatic rings. The van der Waals surface area contributed by atoms with Crippen molar-refractivity contribution in [2.45, 2.75) is 32.9 Å². The predicted octanol–water partition coefficient (Wildman–Crippen LogP) is 2.88. The lowest BCUT2D eigenvalue weighted by Gasteiger charge is -2.11. The SMILES string of the molecule is Cc1cc([C@H](O)CCNC(=O)NCc2cccs2)c(C)o1. The lowest BCUT2D eigenvalue weighted by molar-refractivity contribution is 0.165. The van der Waals surface area contributed by atoms with Crippen LogP contribution < -0.4 is 10.6 Å². The van der Waals surface area contributed by atoms with Crippen molar-refractivity contribution < 1.29 is 14.3 Å². The van der Waals surface area contributed by atoms with Crippen molar-refractivity contribution in [3.63, 3.8) is 0 Å². The first-order chi connectivity index (χ1) is 10.1. The van der Waals surface area contributed by atoms with Crippen molar-refractivity contribution in [3.05, 3.63) is 45.5 Å². The molecule has 5 nitrogen and oxygen atoms in total. The average molecular weight is 308 g/mol. The Kier molecular flexibility index (Phi) is 5.41. The molecule has 0 aliphatic carbocycles. The van der Waals surface area contributed by atoms with Gasteiger partial charge < -0.3 is 20.2 Å². The molecule has 0 aliphatic heterocycles. The number of aliphatic hydroxyl groups is 1. The summed E-state index contributed by atoms with van der Waals surface area (Å²) in [6.45, 7) is 4.60. The zero-order valence-corrected chi connectivity index (χ0v) is 13.0. The fraction of sp³-hybridized carbons (Fsp3) is 0.400. The zero-order valence-electron chi connectivity index (χ0n) is 12.2. The van der Waals surface area contributed by atoms with Gasteiger partial charge in [-0.1, -0.05) is 6.07 Å². The summed E-state index contributed by atoms with van der Waals surface area (Å²) in [5.74, 6) is 1.50. The molecular weight excluding hydrogens is 288 g/mol. The van der Waals surface area contributed by atoms with Crippen LogP contribution in [0.25, 0.3) is 0 Å². The Morgan fingerprint density at radius 3 is 2.86 bits per heavy atom. The number of hydrogen-bond acceptors (Lipinski definition) is 4. The van der Waals surface area contributed by atoms with Gasteiger partial charge in [0.05, 0.1) is 12.6 Å². The molecule has 0 spiro atoms. The molecule has 2 aromatic heterocycles. The third-order valence-electron chi connectivity index (χ3n) is 3.14. The molecule has 3 N–H and O–H groups in total. The second kappa shape index (κ2) is 7.28. The van der Waals surface area contributed by atoms with E-state index in [1.54, 1.807) is 11.3 Å². The molecule has 0 saturated heterocycles. The first kappa shape index (κ1) is 15.6. The summed E-state index contributed by atoms with van der Waals surface area (Å²) in [5.41, 5.74) is 0.785. The molecule has 114 valence electrons. The van der Waals surface area contributed by atoms with Gasteiger partial charge in [0.1, 0.15) is 11.5 Å². The average Bonchev–Trinajstić information content (AvgIpc) is 3.05. The number of thiophene rings is 1. The van der Waals surface area contributed by atoms with E-state index in [2.05, 4.69) is 10.6 Å². The standard InChI is InChI=1S/C15H20N2O3S/c1-10-8-13(11(2)20-10)14(18)5-6-16-15(19)17-9-12-4-3-7-21-12/h3-4,7-8,14,18H,5-6,9H2,1-2H3,(H2,16,17,19)/t14-/m1/s1. The normalized spacial score (nSPS) is 12.1. The highest BCUT2D eigenvalue weighted by Gasteiger charge is 2.14. The maximum Gasteiger partial charge on any atom is 0.315 e. The lowest BCUT2D eigenvalue weighted by Crippen LogP contribution is -2.35. The number of rotatable bonds is 6. The van der Waals surface area contributed by atoms with Gasteiger partial charge >= 0.3 is 6.03 Å². The van der Waals surface area contributed by atoms with Gasteiger partial charge in [-0.2, -0.15) is 0 Å². The molecule has 0 unspecified atom stereocenters. The van der Waals surface area contributed by atoms with E-state index in [9.17, 15) is 9.90 Å². The number of aryl methyl sites for hydroxylation is 2. The predicted molar refractivity (Wildman–Crippen MR) is 82.3 cm³/mol. The number of nitrogens with one attached hydrogen (secondary N) is 2. The summed E-state index contributed by atoms with van der Waals surface area (Å²) < 4.78 is 5.38. The molecule has 6 heteroatoms. The molecule has 2 rings (SSSR count). The summed E-state index contributed by atoms with van der Waals surface area (Å²) >= 11 is 1.60.